The molecule has 1 nitrogen and oxygen atoms in total. The highest BCUT2D eigenvalue weighted by molar-refractivity contribution is 5.98. The van der Waals surface area contributed by atoms with Gasteiger partial charge in [0.25, 0.3) is 0 Å². The van der Waals surface area contributed by atoms with Crippen LogP contribution in [0, 0.1) is 0 Å². The Labute approximate surface area is 116 Å². The summed E-state index contributed by atoms with van der Waals surface area (Å²) in [6.45, 7) is 7.84. The highest BCUT2D eigenvalue weighted by Gasteiger charge is 1.90. The first-order valence-corrected chi connectivity index (χ1v) is 6.35. The smallest absolute Gasteiger partial charge is 0.0386 e. The SMILES string of the molecule is C=C(C)c1ccccc1.CN=C(C)c1ccccc1. The molecule has 0 radical (unpaired) electrons. The molecule has 0 aromatic heterocycles. The summed E-state index contributed by atoms with van der Waals surface area (Å²) in [5.41, 5.74) is 4.62. The summed E-state index contributed by atoms with van der Waals surface area (Å²) in [6.07, 6.45) is 0. The third kappa shape index (κ3) is 5.35. The van der Waals surface area contributed by atoms with Gasteiger partial charge in [0.2, 0.25) is 0 Å². The van der Waals surface area contributed by atoms with Crippen LogP contribution in [0.2, 0.25) is 0 Å². The number of hydrogen-bond acceptors (Lipinski definition) is 1. The van der Waals surface area contributed by atoms with Crippen molar-refractivity contribution >= 4 is 11.3 Å². The Morgan fingerprint density at radius 3 is 1.53 bits per heavy atom. The molecule has 0 heterocycles. The van der Waals surface area contributed by atoms with E-state index < -0.39 is 0 Å². The van der Waals surface area contributed by atoms with E-state index in [-0.39, 0.29) is 0 Å². The summed E-state index contributed by atoms with van der Waals surface area (Å²) in [6, 6.07) is 20.3. The third-order valence-corrected chi connectivity index (χ3v) is 2.79. The quantitative estimate of drug-likeness (QED) is 0.677. The molecule has 0 aliphatic rings. The van der Waals surface area contributed by atoms with Crippen molar-refractivity contribution in [1.82, 2.24) is 0 Å². The average Bonchev–Trinajstić information content (AvgIpc) is 2.49. The maximum atomic E-state index is 4.08. The molecule has 19 heavy (non-hydrogen) atoms. The molecule has 0 spiro atoms. The molecule has 2 rings (SSSR count). The number of aliphatic imine (C=N–C) groups is 1. The van der Waals surface area contributed by atoms with Gasteiger partial charge >= 0.3 is 0 Å². The topological polar surface area (TPSA) is 12.4 Å². The first kappa shape index (κ1) is 14.9. The number of nitrogens with zero attached hydrogens (tertiary/aromatic N) is 1. The lowest BCUT2D eigenvalue weighted by Crippen LogP contribution is -1.91. The van der Waals surface area contributed by atoms with Crippen LogP contribution in [0.25, 0.3) is 5.57 Å². The molecule has 0 bridgehead atoms. The van der Waals surface area contributed by atoms with E-state index in [0.29, 0.717) is 0 Å². The summed E-state index contributed by atoms with van der Waals surface area (Å²) in [4.78, 5) is 4.08. The summed E-state index contributed by atoms with van der Waals surface area (Å²) in [7, 11) is 1.81. The van der Waals surface area contributed by atoms with Crippen LogP contribution in [0.3, 0.4) is 0 Å². The van der Waals surface area contributed by atoms with Crippen molar-refractivity contribution in [3.63, 3.8) is 0 Å². The van der Waals surface area contributed by atoms with Crippen LogP contribution in [-0.4, -0.2) is 12.8 Å². The Kier molecular flexibility index (Phi) is 6.31. The Morgan fingerprint density at radius 1 is 0.789 bits per heavy atom. The summed E-state index contributed by atoms with van der Waals surface area (Å²) >= 11 is 0. The number of benzene rings is 2. The molecule has 0 saturated carbocycles. The van der Waals surface area contributed by atoms with Gasteiger partial charge in [-0.2, -0.15) is 0 Å². The van der Waals surface area contributed by atoms with E-state index in [2.05, 4.69) is 35.8 Å². The van der Waals surface area contributed by atoms with Crippen molar-refractivity contribution < 1.29 is 0 Å². The summed E-state index contributed by atoms with van der Waals surface area (Å²) in [5, 5.41) is 0. The fourth-order valence-corrected chi connectivity index (χ4v) is 1.53. The maximum Gasteiger partial charge on any atom is 0.0386 e. The van der Waals surface area contributed by atoms with Gasteiger partial charge < -0.3 is 0 Å². The number of hydrogen-bond donors (Lipinski definition) is 0. The minimum Gasteiger partial charge on any atom is -0.293 e. The van der Waals surface area contributed by atoms with E-state index in [4.69, 9.17) is 0 Å². The standard InChI is InChI=1S/C9H11N.C9H10/c1-8(10-2)9-6-4-3-5-7-9;1-8(2)9-6-4-3-5-7-9/h3-7H,1-2H3;3-7H,1H2,2H3. The van der Waals surface area contributed by atoms with Gasteiger partial charge in [-0.3, -0.25) is 4.99 Å². The minimum atomic E-state index is 1.08. The lowest BCUT2D eigenvalue weighted by atomic mass is 10.1. The molecule has 2 aromatic carbocycles. The fraction of sp³-hybridized carbons (Fsp3) is 0.167. The van der Waals surface area contributed by atoms with E-state index in [9.17, 15) is 0 Å². The Bertz CT molecular complexity index is 524. The normalized spacial score (nSPS) is 10.4. The van der Waals surface area contributed by atoms with Gasteiger partial charge in [0.1, 0.15) is 0 Å². The van der Waals surface area contributed by atoms with Crippen molar-refractivity contribution in [1.29, 1.82) is 0 Å². The number of rotatable bonds is 2. The molecule has 0 aliphatic carbocycles. The first-order chi connectivity index (χ1) is 9.15. The zero-order valence-electron chi connectivity index (χ0n) is 11.9. The van der Waals surface area contributed by atoms with Crippen LogP contribution >= 0.6 is 0 Å². The minimum absolute atomic E-state index is 1.08. The fourth-order valence-electron chi connectivity index (χ4n) is 1.53. The Morgan fingerprint density at radius 2 is 1.21 bits per heavy atom. The zero-order valence-corrected chi connectivity index (χ0v) is 11.9. The van der Waals surface area contributed by atoms with E-state index in [0.717, 1.165) is 11.3 Å². The van der Waals surface area contributed by atoms with Gasteiger partial charge in [0.15, 0.2) is 0 Å². The molecular weight excluding hydrogens is 230 g/mol. The van der Waals surface area contributed by atoms with E-state index in [1.807, 2.05) is 57.3 Å². The zero-order chi connectivity index (χ0) is 14.1. The largest absolute Gasteiger partial charge is 0.293 e. The van der Waals surface area contributed by atoms with Gasteiger partial charge in [0, 0.05) is 12.8 Å². The van der Waals surface area contributed by atoms with E-state index in [1.165, 1.54) is 11.1 Å². The molecule has 0 N–H and O–H groups in total. The molecule has 98 valence electrons. The van der Waals surface area contributed by atoms with Crippen molar-refractivity contribution in [2.75, 3.05) is 7.05 Å². The van der Waals surface area contributed by atoms with E-state index in [1.54, 1.807) is 0 Å². The van der Waals surface area contributed by atoms with Crippen LogP contribution in [-0.2, 0) is 0 Å². The summed E-state index contributed by atoms with van der Waals surface area (Å²) in [5.74, 6) is 0. The number of allylic oxidation sites excluding steroid dienone is 1. The second-order valence-corrected chi connectivity index (χ2v) is 4.32. The van der Waals surface area contributed by atoms with Crippen molar-refractivity contribution in [2.45, 2.75) is 13.8 Å². The van der Waals surface area contributed by atoms with E-state index >= 15 is 0 Å². The highest BCUT2D eigenvalue weighted by Crippen LogP contribution is 2.08. The van der Waals surface area contributed by atoms with Gasteiger partial charge in [0.05, 0.1) is 0 Å². The Balaban J connectivity index is 0.000000191. The molecule has 0 unspecified atom stereocenters. The predicted molar refractivity (Wildman–Crippen MR) is 85.7 cm³/mol. The molecule has 1 heteroatoms. The second kappa shape index (κ2) is 8.04. The van der Waals surface area contributed by atoms with Crippen LogP contribution in [0.5, 0.6) is 0 Å². The third-order valence-electron chi connectivity index (χ3n) is 2.79. The van der Waals surface area contributed by atoms with Crippen molar-refractivity contribution in [3.8, 4) is 0 Å². The van der Waals surface area contributed by atoms with Gasteiger partial charge in [-0.25, -0.2) is 0 Å². The molecule has 0 fully saturated rings. The van der Waals surface area contributed by atoms with Crippen molar-refractivity contribution in [3.05, 3.63) is 78.4 Å². The van der Waals surface area contributed by atoms with Crippen LogP contribution in [0.4, 0.5) is 0 Å². The van der Waals surface area contributed by atoms with Crippen molar-refractivity contribution in [2.24, 2.45) is 4.99 Å². The lowest BCUT2D eigenvalue weighted by molar-refractivity contribution is 1.41. The maximum absolute atomic E-state index is 4.08. The molecule has 0 saturated heterocycles. The monoisotopic (exact) mass is 251 g/mol. The van der Waals surface area contributed by atoms with Crippen LogP contribution in [0.1, 0.15) is 25.0 Å². The van der Waals surface area contributed by atoms with Gasteiger partial charge in [-0.1, -0.05) is 72.8 Å². The first-order valence-electron chi connectivity index (χ1n) is 6.35. The van der Waals surface area contributed by atoms with Gasteiger partial charge in [-0.15, -0.1) is 0 Å². The molecule has 0 atom stereocenters. The molecule has 2 aromatic rings. The molecule has 0 aliphatic heterocycles. The van der Waals surface area contributed by atoms with Gasteiger partial charge in [-0.05, 0) is 25.0 Å². The highest BCUT2D eigenvalue weighted by atomic mass is 14.7. The average molecular weight is 251 g/mol. The van der Waals surface area contributed by atoms with Crippen LogP contribution in [0.15, 0.2) is 72.2 Å². The lowest BCUT2D eigenvalue weighted by Gasteiger charge is -1.95. The molecular formula is C18H21N. The molecule has 0 amide bonds. The second-order valence-electron chi connectivity index (χ2n) is 4.32. The van der Waals surface area contributed by atoms with Crippen LogP contribution < -0.4 is 0 Å². The Hall–Kier alpha value is -2.15. The summed E-state index contributed by atoms with van der Waals surface area (Å²) < 4.78 is 0. The predicted octanol–water partition coefficient (Wildman–Crippen LogP) is 4.85.